The number of fused-ring (bicyclic) bond motifs is 1. The molecule has 2 saturated carbocycles. The van der Waals surface area contributed by atoms with Crippen molar-refractivity contribution in [2.24, 2.45) is 29.4 Å². The lowest BCUT2D eigenvalue weighted by molar-refractivity contribution is -0.144. The van der Waals surface area contributed by atoms with E-state index in [2.05, 4.69) is 4.74 Å². The molecule has 3 aliphatic rings. The smallest absolute Gasteiger partial charge is 0.309 e. The van der Waals surface area contributed by atoms with E-state index in [1.165, 1.54) is 7.11 Å². The van der Waals surface area contributed by atoms with Crippen molar-refractivity contribution in [2.75, 3.05) is 20.2 Å². The summed E-state index contributed by atoms with van der Waals surface area (Å²) < 4.78 is 4.68. The van der Waals surface area contributed by atoms with Crippen molar-refractivity contribution >= 4 is 24.3 Å². The summed E-state index contributed by atoms with van der Waals surface area (Å²) in [7, 11) is 1.38. The Morgan fingerprint density at radius 1 is 1.21 bits per heavy atom. The van der Waals surface area contributed by atoms with Gasteiger partial charge in [0, 0.05) is 19.1 Å². The second-order valence-corrected chi connectivity index (χ2v) is 5.88. The van der Waals surface area contributed by atoms with Gasteiger partial charge in [0.05, 0.1) is 18.9 Å². The molecule has 0 aromatic heterocycles. The molecule has 2 N–H and O–H groups in total. The fraction of sp³-hybridized carbons (Fsp3) is 0.846. The van der Waals surface area contributed by atoms with E-state index in [0.717, 1.165) is 25.9 Å². The van der Waals surface area contributed by atoms with Gasteiger partial charge in [-0.05, 0) is 31.1 Å². The molecule has 5 unspecified atom stereocenters. The molecule has 5 atom stereocenters. The Kier molecular flexibility index (Phi) is 4.06. The van der Waals surface area contributed by atoms with E-state index in [4.69, 9.17) is 5.73 Å². The van der Waals surface area contributed by atoms with E-state index in [0.29, 0.717) is 18.3 Å². The van der Waals surface area contributed by atoms with Crippen LogP contribution in [0.15, 0.2) is 0 Å². The molecular weight excluding hydrogens is 268 g/mol. The summed E-state index contributed by atoms with van der Waals surface area (Å²) in [4.78, 5) is 25.5. The summed E-state index contributed by atoms with van der Waals surface area (Å²) in [6.45, 7) is 1.62. The van der Waals surface area contributed by atoms with Crippen LogP contribution in [0.2, 0.25) is 0 Å². The van der Waals surface area contributed by atoms with Gasteiger partial charge in [0.2, 0.25) is 5.91 Å². The normalized spacial score (nSPS) is 39.5. The number of amides is 1. The zero-order valence-corrected chi connectivity index (χ0v) is 11.9. The van der Waals surface area contributed by atoms with Crippen LogP contribution >= 0.6 is 12.4 Å². The third-order valence-corrected chi connectivity index (χ3v) is 4.84. The van der Waals surface area contributed by atoms with Gasteiger partial charge in [-0.1, -0.05) is 0 Å². The van der Waals surface area contributed by atoms with Gasteiger partial charge in [0.1, 0.15) is 0 Å². The molecule has 0 spiro atoms. The average Bonchev–Trinajstić information content (AvgIpc) is 2.94. The fourth-order valence-electron chi connectivity index (χ4n) is 3.60. The first-order chi connectivity index (χ1) is 8.61. The zero-order chi connectivity index (χ0) is 12.9. The number of nitrogens with zero attached hydrogens (tertiary/aromatic N) is 1. The van der Waals surface area contributed by atoms with Gasteiger partial charge in [-0.2, -0.15) is 0 Å². The lowest BCUT2D eigenvalue weighted by atomic mass is 9.98. The Labute approximate surface area is 119 Å². The first-order valence-electron chi connectivity index (χ1n) is 6.74. The van der Waals surface area contributed by atoms with Crippen molar-refractivity contribution < 1.29 is 14.3 Å². The largest absolute Gasteiger partial charge is 0.469 e. The van der Waals surface area contributed by atoms with Crippen LogP contribution in [0.3, 0.4) is 0 Å². The number of ether oxygens (including phenoxy) is 1. The van der Waals surface area contributed by atoms with Gasteiger partial charge >= 0.3 is 5.97 Å². The predicted molar refractivity (Wildman–Crippen MR) is 71.6 cm³/mol. The van der Waals surface area contributed by atoms with Crippen molar-refractivity contribution in [3.63, 3.8) is 0 Å². The molecule has 0 aromatic carbocycles. The monoisotopic (exact) mass is 288 g/mol. The van der Waals surface area contributed by atoms with Crippen molar-refractivity contribution in [3.8, 4) is 0 Å². The molecule has 108 valence electrons. The van der Waals surface area contributed by atoms with E-state index in [1.807, 2.05) is 4.90 Å². The van der Waals surface area contributed by atoms with E-state index in [-0.39, 0.29) is 42.2 Å². The van der Waals surface area contributed by atoms with Gasteiger partial charge in [0.15, 0.2) is 0 Å². The van der Waals surface area contributed by atoms with Crippen molar-refractivity contribution in [3.05, 3.63) is 0 Å². The molecule has 5 nitrogen and oxygen atoms in total. The van der Waals surface area contributed by atoms with Crippen LogP contribution in [0.25, 0.3) is 0 Å². The maximum atomic E-state index is 12.3. The third-order valence-electron chi connectivity index (χ3n) is 4.84. The minimum atomic E-state index is -0.246. The van der Waals surface area contributed by atoms with Gasteiger partial charge in [-0.25, -0.2) is 0 Å². The lowest BCUT2D eigenvalue weighted by Gasteiger charge is -2.18. The number of halogens is 1. The maximum absolute atomic E-state index is 12.3. The van der Waals surface area contributed by atoms with Crippen molar-refractivity contribution in [1.82, 2.24) is 4.90 Å². The number of rotatable bonds is 2. The Morgan fingerprint density at radius 3 is 2.58 bits per heavy atom. The Hall–Kier alpha value is -0.810. The summed E-state index contributed by atoms with van der Waals surface area (Å²) in [5, 5.41) is 0. The van der Waals surface area contributed by atoms with E-state index in [9.17, 15) is 9.59 Å². The van der Waals surface area contributed by atoms with Crippen LogP contribution in [0, 0.1) is 23.7 Å². The molecule has 1 saturated heterocycles. The standard InChI is InChI=1S/C13H20N2O3.ClH/c1-18-13(17)9-4-8(9)12(16)15-5-7-2-3-11(14)10(7)6-15;/h7-11H,2-6,14H2,1H3;1H. The molecule has 3 rings (SSSR count). The van der Waals surface area contributed by atoms with Crippen LogP contribution in [0.5, 0.6) is 0 Å². The van der Waals surface area contributed by atoms with Crippen LogP contribution in [0.4, 0.5) is 0 Å². The minimum Gasteiger partial charge on any atom is -0.469 e. The minimum absolute atomic E-state index is 0. The summed E-state index contributed by atoms with van der Waals surface area (Å²) in [6, 6.07) is 0.253. The molecule has 1 aliphatic heterocycles. The van der Waals surface area contributed by atoms with Crippen LogP contribution in [-0.4, -0.2) is 43.0 Å². The second-order valence-electron chi connectivity index (χ2n) is 5.88. The maximum Gasteiger partial charge on any atom is 0.309 e. The van der Waals surface area contributed by atoms with Crippen LogP contribution < -0.4 is 5.73 Å². The SMILES string of the molecule is COC(=O)C1CC1C(=O)N1CC2CCC(N)C2C1.Cl. The highest BCUT2D eigenvalue weighted by Gasteiger charge is 2.52. The molecule has 6 heteroatoms. The molecule has 0 radical (unpaired) electrons. The molecule has 2 aliphatic carbocycles. The summed E-state index contributed by atoms with van der Waals surface area (Å²) in [5.41, 5.74) is 6.06. The lowest BCUT2D eigenvalue weighted by Crippen LogP contribution is -2.34. The van der Waals surface area contributed by atoms with E-state index < -0.39 is 0 Å². The molecule has 0 bridgehead atoms. The third kappa shape index (κ3) is 2.46. The second kappa shape index (κ2) is 5.29. The first-order valence-corrected chi connectivity index (χ1v) is 6.74. The topological polar surface area (TPSA) is 72.6 Å². The summed E-state index contributed by atoms with van der Waals surface area (Å²) >= 11 is 0. The number of carbonyl (C=O) groups excluding carboxylic acids is 2. The molecule has 1 amide bonds. The summed E-state index contributed by atoms with van der Waals surface area (Å²) in [5.74, 6) is 0.615. The molecule has 1 heterocycles. The van der Waals surface area contributed by atoms with Gasteiger partial charge in [0.25, 0.3) is 0 Å². The molecule has 19 heavy (non-hydrogen) atoms. The number of hydrogen-bond acceptors (Lipinski definition) is 4. The fourth-order valence-corrected chi connectivity index (χ4v) is 3.60. The average molecular weight is 289 g/mol. The number of esters is 1. The van der Waals surface area contributed by atoms with Gasteiger partial charge in [-0.15, -0.1) is 12.4 Å². The first kappa shape index (κ1) is 14.6. The highest BCUT2D eigenvalue weighted by atomic mass is 35.5. The van der Waals surface area contributed by atoms with E-state index in [1.54, 1.807) is 0 Å². The predicted octanol–water partition coefficient (Wildman–Crippen LogP) is 0.413. The Morgan fingerprint density at radius 2 is 1.95 bits per heavy atom. The van der Waals surface area contributed by atoms with Gasteiger partial charge < -0.3 is 15.4 Å². The highest BCUT2D eigenvalue weighted by molar-refractivity contribution is 5.90. The van der Waals surface area contributed by atoms with Gasteiger partial charge in [-0.3, -0.25) is 9.59 Å². The van der Waals surface area contributed by atoms with Crippen molar-refractivity contribution in [2.45, 2.75) is 25.3 Å². The Bertz CT molecular complexity index is 390. The molecular formula is C13H21ClN2O3. The quantitative estimate of drug-likeness (QED) is 0.747. The number of likely N-dealkylation sites (tertiary alicyclic amines) is 1. The molecule has 3 fully saturated rings. The number of carbonyl (C=O) groups is 2. The van der Waals surface area contributed by atoms with E-state index >= 15 is 0 Å². The number of methoxy groups -OCH3 is 1. The number of nitrogens with two attached hydrogens (primary N) is 1. The number of hydrogen-bond donors (Lipinski definition) is 1. The van der Waals surface area contributed by atoms with Crippen LogP contribution in [-0.2, 0) is 14.3 Å². The van der Waals surface area contributed by atoms with Crippen LogP contribution in [0.1, 0.15) is 19.3 Å². The highest BCUT2D eigenvalue weighted by Crippen LogP contribution is 2.44. The Balaban J connectivity index is 0.00000133. The zero-order valence-electron chi connectivity index (χ0n) is 11.1. The molecule has 0 aromatic rings. The van der Waals surface area contributed by atoms with Crippen molar-refractivity contribution in [1.29, 1.82) is 0 Å². The summed E-state index contributed by atoms with van der Waals surface area (Å²) in [6.07, 6.45) is 2.88.